The Labute approximate surface area is 129 Å². The largest absolute Gasteiger partial charge is 0.325 e. The van der Waals surface area contributed by atoms with Crippen molar-refractivity contribution >= 4 is 22.9 Å². The molecule has 0 bridgehead atoms. The maximum atomic E-state index is 11.9. The molecule has 1 amide bonds. The van der Waals surface area contributed by atoms with E-state index in [0.717, 1.165) is 22.7 Å². The summed E-state index contributed by atoms with van der Waals surface area (Å²) in [6, 6.07) is 7.86. The lowest BCUT2D eigenvalue weighted by atomic mass is 10.2. The van der Waals surface area contributed by atoms with Crippen LogP contribution in [0.1, 0.15) is 35.3 Å². The number of aryl methyl sites for hydroxylation is 2. The highest BCUT2D eigenvalue weighted by molar-refractivity contribution is 7.11. The van der Waals surface area contributed by atoms with Crippen LogP contribution in [0.15, 0.2) is 30.5 Å². The number of hydrogen-bond donors (Lipinski definition) is 2. The van der Waals surface area contributed by atoms with E-state index in [4.69, 9.17) is 0 Å². The lowest BCUT2D eigenvalue weighted by molar-refractivity contribution is -0.115. The lowest BCUT2D eigenvalue weighted by Crippen LogP contribution is -2.30. The number of hydrogen-bond acceptors (Lipinski definition) is 4. The summed E-state index contributed by atoms with van der Waals surface area (Å²) >= 11 is 1.69. The Bertz CT molecular complexity index is 609. The van der Waals surface area contributed by atoms with E-state index in [9.17, 15) is 4.79 Å². The third-order valence-corrected chi connectivity index (χ3v) is 4.49. The summed E-state index contributed by atoms with van der Waals surface area (Å²) in [6.07, 6.45) is 2.91. The van der Waals surface area contributed by atoms with Gasteiger partial charge in [0, 0.05) is 16.8 Å². The second kappa shape index (κ2) is 7.33. The minimum absolute atomic E-state index is 0.0419. The number of nitrogens with one attached hydrogen (secondary N) is 2. The molecule has 2 aromatic rings. The van der Waals surface area contributed by atoms with Gasteiger partial charge in [0.2, 0.25) is 5.91 Å². The average Bonchev–Trinajstić information content (AvgIpc) is 2.94. The molecule has 5 heteroatoms. The van der Waals surface area contributed by atoms with Crippen LogP contribution in [0.5, 0.6) is 0 Å². The molecule has 1 atom stereocenters. The summed E-state index contributed by atoms with van der Waals surface area (Å²) in [6.45, 7) is 6.42. The zero-order valence-corrected chi connectivity index (χ0v) is 13.5. The first kappa shape index (κ1) is 15.7. The smallest absolute Gasteiger partial charge is 0.238 e. The van der Waals surface area contributed by atoms with Crippen LogP contribution in [0.4, 0.5) is 5.69 Å². The highest BCUT2D eigenvalue weighted by Gasteiger charge is 2.11. The highest BCUT2D eigenvalue weighted by Crippen LogP contribution is 2.20. The minimum Gasteiger partial charge on any atom is -0.325 e. The molecule has 112 valence electrons. The molecular formula is C16H21N3OS. The van der Waals surface area contributed by atoms with Crippen molar-refractivity contribution in [1.82, 2.24) is 10.3 Å². The molecule has 4 nitrogen and oxygen atoms in total. The molecule has 0 aliphatic carbocycles. The Hall–Kier alpha value is -1.72. The number of anilines is 1. The molecule has 1 aromatic carbocycles. The van der Waals surface area contributed by atoms with Crippen molar-refractivity contribution in [2.45, 2.75) is 33.2 Å². The molecule has 0 saturated heterocycles. The van der Waals surface area contributed by atoms with Gasteiger partial charge in [0.1, 0.15) is 5.01 Å². The van der Waals surface area contributed by atoms with Gasteiger partial charge in [-0.3, -0.25) is 10.1 Å². The maximum Gasteiger partial charge on any atom is 0.238 e. The van der Waals surface area contributed by atoms with E-state index in [1.807, 2.05) is 44.3 Å². The molecule has 1 heterocycles. The summed E-state index contributed by atoms with van der Waals surface area (Å²) in [5.41, 5.74) is 1.96. The van der Waals surface area contributed by atoms with Gasteiger partial charge >= 0.3 is 0 Å². The number of aromatic nitrogens is 1. The number of carbonyl (C=O) groups is 1. The number of thiazole rings is 1. The number of benzene rings is 1. The zero-order valence-electron chi connectivity index (χ0n) is 12.6. The van der Waals surface area contributed by atoms with Gasteiger partial charge in [-0.2, -0.15) is 0 Å². The molecule has 0 fully saturated rings. The second-order valence-electron chi connectivity index (χ2n) is 5.04. The quantitative estimate of drug-likeness (QED) is 0.861. The first-order valence-electron chi connectivity index (χ1n) is 7.13. The van der Waals surface area contributed by atoms with E-state index < -0.39 is 0 Å². The van der Waals surface area contributed by atoms with E-state index in [1.165, 1.54) is 4.88 Å². The third kappa shape index (κ3) is 4.65. The van der Waals surface area contributed by atoms with E-state index in [0.29, 0.717) is 0 Å². The Morgan fingerprint density at radius 2 is 2.24 bits per heavy atom. The predicted octanol–water partition coefficient (Wildman–Crippen LogP) is 3.30. The fraction of sp³-hybridized carbons (Fsp3) is 0.375. The molecule has 2 rings (SSSR count). The van der Waals surface area contributed by atoms with Crippen LogP contribution in [0.25, 0.3) is 0 Å². The molecule has 1 aromatic heterocycles. The summed E-state index contributed by atoms with van der Waals surface area (Å²) < 4.78 is 0. The van der Waals surface area contributed by atoms with Gasteiger partial charge in [-0.25, -0.2) is 4.98 Å². The molecule has 0 aliphatic heterocycles. The van der Waals surface area contributed by atoms with Crippen LogP contribution in [0.3, 0.4) is 0 Å². The van der Waals surface area contributed by atoms with Crippen molar-refractivity contribution in [2.75, 3.05) is 11.9 Å². The van der Waals surface area contributed by atoms with Crippen molar-refractivity contribution in [3.05, 3.63) is 45.9 Å². The van der Waals surface area contributed by atoms with Crippen molar-refractivity contribution in [2.24, 2.45) is 0 Å². The van der Waals surface area contributed by atoms with E-state index in [-0.39, 0.29) is 18.5 Å². The third-order valence-electron chi connectivity index (χ3n) is 3.16. The molecule has 0 aliphatic rings. The number of rotatable bonds is 6. The van der Waals surface area contributed by atoms with Crippen molar-refractivity contribution in [1.29, 1.82) is 0 Å². The predicted molar refractivity (Wildman–Crippen MR) is 87.7 cm³/mol. The molecule has 0 spiro atoms. The van der Waals surface area contributed by atoms with Gasteiger partial charge in [0.25, 0.3) is 0 Å². The number of carbonyl (C=O) groups excluding carboxylic acids is 1. The van der Waals surface area contributed by atoms with Crippen LogP contribution in [0, 0.1) is 6.92 Å². The topological polar surface area (TPSA) is 54.0 Å². The van der Waals surface area contributed by atoms with Gasteiger partial charge in [-0.05, 0) is 38.0 Å². The minimum atomic E-state index is -0.0419. The number of nitrogens with zero attached hydrogens (tertiary/aromatic N) is 1. The van der Waals surface area contributed by atoms with Crippen LogP contribution < -0.4 is 10.6 Å². The van der Waals surface area contributed by atoms with Gasteiger partial charge in [-0.1, -0.05) is 19.1 Å². The summed E-state index contributed by atoms with van der Waals surface area (Å²) in [7, 11) is 0. The lowest BCUT2D eigenvalue weighted by Gasteiger charge is -2.11. The van der Waals surface area contributed by atoms with Gasteiger partial charge in [0.15, 0.2) is 0 Å². The van der Waals surface area contributed by atoms with Crippen LogP contribution in [-0.4, -0.2) is 17.4 Å². The normalized spacial score (nSPS) is 12.1. The monoisotopic (exact) mass is 303 g/mol. The van der Waals surface area contributed by atoms with Crippen molar-refractivity contribution < 1.29 is 4.79 Å². The van der Waals surface area contributed by atoms with Gasteiger partial charge < -0.3 is 5.32 Å². The van der Waals surface area contributed by atoms with Crippen LogP contribution in [0.2, 0.25) is 0 Å². The Morgan fingerprint density at radius 1 is 1.43 bits per heavy atom. The highest BCUT2D eigenvalue weighted by atomic mass is 32.1. The molecule has 21 heavy (non-hydrogen) atoms. The molecule has 2 N–H and O–H groups in total. The van der Waals surface area contributed by atoms with E-state index in [2.05, 4.69) is 22.5 Å². The summed E-state index contributed by atoms with van der Waals surface area (Å²) in [5, 5.41) is 7.12. The van der Waals surface area contributed by atoms with E-state index in [1.54, 1.807) is 11.3 Å². The summed E-state index contributed by atoms with van der Waals surface area (Å²) in [4.78, 5) is 17.6. The van der Waals surface area contributed by atoms with Crippen LogP contribution in [-0.2, 0) is 11.2 Å². The van der Waals surface area contributed by atoms with Gasteiger partial charge in [-0.15, -0.1) is 11.3 Å². The molecule has 0 radical (unpaired) electrons. The average molecular weight is 303 g/mol. The number of amides is 1. The Kier molecular flexibility index (Phi) is 5.47. The van der Waals surface area contributed by atoms with Crippen molar-refractivity contribution in [3.8, 4) is 0 Å². The Morgan fingerprint density at radius 3 is 2.90 bits per heavy atom. The molecule has 1 unspecified atom stereocenters. The zero-order chi connectivity index (χ0) is 15.2. The van der Waals surface area contributed by atoms with Crippen molar-refractivity contribution in [3.63, 3.8) is 0 Å². The Balaban J connectivity index is 1.83. The van der Waals surface area contributed by atoms with Crippen LogP contribution >= 0.6 is 11.3 Å². The first-order chi connectivity index (χ1) is 10.1. The standard InChI is InChI=1S/C16H21N3OS/c1-4-14-9-18-16(21-14)12(3)17-10-15(20)19-13-7-5-6-11(2)8-13/h5-9,12,17H,4,10H2,1-3H3,(H,19,20). The maximum absolute atomic E-state index is 11.9. The fourth-order valence-electron chi connectivity index (χ4n) is 1.95. The SMILES string of the molecule is CCc1cnc(C(C)NCC(=O)Nc2cccc(C)c2)s1. The van der Waals surface area contributed by atoms with E-state index >= 15 is 0 Å². The van der Waals surface area contributed by atoms with Gasteiger partial charge in [0.05, 0.1) is 12.6 Å². The second-order valence-corrected chi connectivity index (χ2v) is 6.19. The fourth-order valence-corrected chi connectivity index (χ4v) is 2.83. The summed E-state index contributed by atoms with van der Waals surface area (Å²) in [5.74, 6) is -0.0419. The molecular weight excluding hydrogens is 282 g/mol. The molecule has 0 saturated carbocycles. The first-order valence-corrected chi connectivity index (χ1v) is 7.94.